The Kier molecular flexibility index (Phi) is 5.57. The minimum atomic E-state index is 0.656. The first-order valence-electron chi connectivity index (χ1n) is 12.1. The highest BCUT2D eigenvalue weighted by Gasteiger charge is 2.18. The zero-order chi connectivity index (χ0) is 25.5. The molecule has 0 amide bonds. The van der Waals surface area contributed by atoms with Crippen LogP contribution in [0.3, 0.4) is 0 Å². The third kappa shape index (κ3) is 3.87. The molecule has 0 saturated heterocycles. The van der Waals surface area contributed by atoms with Gasteiger partial charge in [0.2, 0.25) is 0 Å². The highest BCUT2D eigenvalue weighted by molar-refractivity contribution is 6.10. The Morgan fingerprint density at radius 1 is 0.622 bits per heavy atom. The van der Waals surface area contributed by atoms with E-state index in [2.05, 4.69) is 64.8 Å². The van der Waals surface area contributed by atoms with E-state index in [4.69, 9.17) is 14.5 Å². The number of aromatic nitrogens is 4. The van der Waals surface area contributed by atoms with Crippen LogP contribution in [0.4, 0.5) is 0 Å². The standard InChI is InChI=1S/C31H26N4O2/c1-19-14-22(31-33-18-32-30(34-31)21-8-6-5-7-9-21)15-20(2)29(19)35-27-12-10-23(36-3)16-25(27)26-17-24(37-4)11-13-28(26)35/h5-18H,1-4H3. The molecular formula is C31H26N4O2. The lowest BCUT2D eigenvalue weighted by molar-refractivity contribution is 0.415. The maximum atomic E-state index is 5.54. The predicted octanol–water partition coefficient (Wildman–Crippen LogP) is 6.94. The van der Waals surface area contributed by atoms with Crippen molar-refractivity contribution in [2.75, 3.05) is 14.2 Å². The monoisotopic (exact) mass is 486 g/mol. The lowest BCUT2D eigenvalue weighted by Crippen LogP contribution is -2.02. The maximum absolute atomic E-state index is 5.54. The minimum absolute atomic E-state index is 0.656. The van der Waals surface area contributed by atoms with E-state index in [9.17, 15) is 0 Å². The highest BCUT2D eigenvalue weighted by atomic mass is 16.5. The third-order valence-electron chi connectivity index (χ3n) is 6.76. The molecule has 6 aromatic rings. The number of ether oxygens (including phenoxy) is 2. The van der Waals surface area contributed by atoms with Crippen molar-refractivity contribution >= 4 is 21.8 Å². The van der Waals surface area contributed by atoms with Gasteiger partial charge in [-0.05, 0) is 73.5 Å². The summed E-state index contributed by atoms with van der Waals surface area (Å²) in [6, 6.07) is 26.7. The van der Waals surface area contributed by atoms with Crippen LogP contribution >= 0.6 is 0 Å². The average Bonchev–Trinajstić information content (AvgIpc) is 3.25. The Morgan fingerprint density at radius 2 is 1.16 bits per heavy atom. The molecule has 0 N–H and O–H groups in total. The summed E-state index contributed by atoms with van der Waals surface area (Å²) in [6.07, 6.45) is 1.58. The van der Waals surface area contributed by atoms with Crippen molar-refractivity contribution in [3.63, 3.8) is 0 Å². The van der Waals surface area contributed by atoms with Crippen molar-refractivity contribution < 1.29 is 9.47 Å². The molecule has 0 radical (unpaired) electrons. The van der Waals surface area contributed by atoms with E-state index in [0.717, 1.165) is 61.2 Å². The van der Waals surface area contributed by atoms with Crippen LogP contribution in [0.15, 0.2) is 85.2 Å². The first-order valence-corrected chi connectivity index (χ1v) is 12.1. The smallest absolute Gasteiger partial charge is 0.163 e. The topological polar surface area (TPSA) is 62.1 Å². The molecule has 6 heteroatoms. The minimum Gasteiger partial charge on any atom is -0.497 e. The molecule has 0 saturated carbocycles. The van der Waals surface area contributed by atoms with Crippen molar-refractivity contribution in [3.05, 3.63) is 96.3 Å². The third-order valence-corrected chi connectivity index (χ3v) is 6.76. The van der Waals surface area contributed by atoms with E-state index in [1.54, 1.807) is 20.5 Å². The number of aryl methyl sites for hydroxylation is 2. The maximum Gasteiger partial charge on any atom is 0.163 e. The number of hydrogen-bond donors (Lipinski definition) is 0. The fourth-order valence-electron chi connectivity index (χ4n) is 5.08. The second-order valence-corrected chi connectivity index (χ2v) is 9.06. The predicted molar refractivity (Wildman–Crippen MR) is 148 cm³/mol. The second kappa shape index (κ2) is 9.06. The van der Waals surface area contributed by atoms with Crippen molar-refractivity contribution in [2.24, 2.45) is 0 Å². The van der Waals surface area contributed by atoms with Gasteiger partial charge in [-0.15, -0.1) is 0 Å². The van der Waals surface area contributed by atoms with Gasteiger partial charge in [0.05, 0.1) is 30.9 Å². The van der Waals surface area contributed by atoms with Crippen LogP contribution in [0.1, 0.15) is 11.1 Å². The Labute approximate surface area is 215 Å². The number of methoxy groups -OCH3 is 2. The van der Waals surface area contributed by atoms with Gasteiger partial charge in [0.1, 0.15) is 17.8 Å². The van der Waals surface area contributed by atoms with Crippen molar-refractivity contribution in [1.82, 2.24) is 19.5 Å². The molecule has 182 valence electrons. The van der Waals surface area contributed by atoms with Crippen molar-refractivity contribution in [3.8, 4) is 40.0 Å². The van der Waals surface area contributed by atoms with E-state index >= 15 is 0 Å². The van der Waals surface area contributed by atoms with Gasteiger partial charge in [0.15, 0.2) is 11.6 Å². The SMILES string of the molecule is COc1ccc2c(c1)c1cc(OC)ccc1n2-c1c(C)cc(-c2ncnc(-c3ccccc3)n2)cc1C. The van der Waals surface area contributed by atoms with Gasteiger partial charge in [0.25, 0.3) is 0 Å². The van der Waals surface area contributed by atoms with E-state index in [1.807, 2.05) is 42.5 Å². The molecule has 0 bridgehead atoms. The zero-order valence-corrected chi connectivity index (χ0v) is 21.2. The Morgan fingerprint density at radius 3 is 1.70 bits per heavy atom. The van der Waals surface area contributed by atoms with Crippen LogP contribution in [-0.4, -0.2) is 33.7 Å². The molecule has 0 unspecified atom stereocenters. The summed E-state index contributed by atoms with van der Waals surface area (Å²) in [7, 11) is 3.39. The summed E-state index contributed by atoms with van der Waals surface area (Å²) >= 11 is 0. The molecule has 2 aromatic heterocycles. The van der Waals surface area contributed by atoms with Crippen LogP contribution in [0.2, 0.25) is 0 Å². The molecule has 0 fully saturated rings. The average molecular weight is 487 g/mol. The molecule has 0 spiro atoms. The zero-order valence-electron chi connectivity index (χ0n) is 21.2. The van der Waals surface area contributed by atoms with E-state index in [-0.39, 0.29) is 0 Å². The van der Waals surface area contributed by atoms with Gasteiger partial charge < -0.3 is 14.0 Å². The van der Waals surface area contributed by atoms with E-state index in [1.165, 1.54) is 0 Å². The summed E-state index contributed by atoms with van der Waals surface area (Å²) in [5, 5.41) is 2.22. The number of nitrogens with zero attached hydrogens (tertiary/aromatic N) is 4. The molecule has 4 aromatic carbocycles. The fourth-order valence-corrected chi connectivity index (χ4v) is 5.08. The summed E-state index contributed by atoms with van der Waals surface area (Å²) in [4.78, 5) is 13.6. The largest absolute Gasteiger partial charge is 0.497 e. The lowest BCUT2D eigenvalue weighted by Gasteiger charge is -2.16. The highest BCUT2D eigenvalue weighted by Crippen LogP contribution is 2.38. The molecule has 2 heterocycles. The van der Waals surface area contributed by atoms with Crippen LogP contribution in [0, 0.1) is 13.8 Å². The van der Waals surface area contributed by atoms with Gasteiger partial charge in [-0.1, -0.05) is 30.3 Å². The molecule has 0 aliphatic rings. The van der Waals surface area contributed by atoms with Gasteiger partial charge in [-0.2, -0.15) is 0 Å². The van der Waals surface area contributed by atoms with Crippen LogP contribution in [0.5, 0.6) is 11.5 Å². The lowest BCUT2D eigenvalue weighted by atomic mass is 10.0. The number of benzene rings is 4. The van der Waals surface area contributed by atoms with Crippen LogP contribution in [0.25, 0.3) is 50.3 Å². The normalized spacial score (nSPS) is 11.2. The summed E-state index contributed by atoms with van der Waals surface area (Å²) in [5.74, 6) is 2.96. The Hall–Kier alpha value is -4.71. The molecular weight excluding hydrogens is 460 g/mol. The van der Waals surface area contributed by atoms with Crippen LogP contribution in [-0.2, 0) is 0 Å². The van der Waals surface area contributed by atoms with Gasteiger partial charge >= 0.3 is 0 Å². The first kappa shape index (κ1) is 22.7. The number of hydrogen-bond acceptors (Lipinski definition) is 5. The second-order valence-electron chi connectivity index (χ2n) is 9.06. The molecule has 6 nitrogen and oxygen atoms in total. The van der Waals surface area contributed by atoms with Gasteiger partial charge in [0, 0.05) is 21.9 Å². The van der Waals surface area contributed by atoms with E-state index < -0.39 is 0 Å². The Balaban J connectivity index is 1.54. The summed E-state index contributed by atoms with van der Waals surface area (Å²) < 4.78 is 13.4. The number of rotatable bonds is 5. The van der Waals surface area contributed by atoms with Gasteiger partial charge in [-0.3, -0.25) is 0 Å². The quantitative estimate of drug-likeness (QED) is 0.264. The van der Waals surface area contributed by atoms with Gasteiger partial charge in [-0.25, -0.2) is 15.0 Å². The van der Waals surface area contributed by atoms with Crippen LogP contribution < -0.4 is 9.47 Å². The summed E-state index contributed by atoms with van der Waals surface area (Å²) in [5.41, 5.74) is 7.53. The Bertz CT molecular complexity index is 1690. The molecule has 0 aliphatic heterocycles. The first-order chi connectivity index (χ1) is 18.1. The molecule has 37 heavy (non-hydrogen) atoms. The van der Waals surface area contributed by atoms with E-state index in [0.29, 0.717) is 11.6 Å². The van der Waals surface area contributed by atoms with Crippen molar-refractivity contribution in [1.29, 1.82) is 0 Å². The fraction of sp³-hybridized carbons (Fsp3) is 0.129. The molecule has 6 rings (SSSR count). The molecule has 0 atom stereocenters. The summed E-state index contributed by atoms with van der Waals surface area (Å²) in [6.45, 7) is 4.27. The molecule has 0 aliphatic carbocycles. The van der Waals surface area contributed by atoms with Crippen molar-refractivity contribution in [2.45, 2.75) is 13.8 Å². The number of fused-ring (bicyclic) bond motifs is 3.